The Kier molecular flexibility index (Phi) is 9.15. The largest absolute Gasteiger partial charge is 0.377 e. The molecule has 136 valence electrons. The number of unbranched alkanes of at least 4 members (excludes halogenated alkanes) is 2. The number of rotatable bonds is 9. The van der Waals surface area contributed by atoms with Crippen molar-refractivity contribution in [3.8, 4) is 0 Å². The first-order chi connectivity index (χ1) is 10.8. The van der Waals surface area contributed by atoms with Gasteiger partial charge in [-0.2, -0.15) is 0 Å². The van der Waals surface area contributed by atoms with Crippen molar-refractivity contribution < 1.29 is 9.53 Å². The van der Waals surface area contributed by atoms with Crippen LogP contribution in [-0.4, -0.2) is 61.1 Å². The highest BCUT2D eigenvalue weighted by molar-refractivity contribution is 5.76. The predicted octanol–water partition coefficient (Wildman–Crippen LogP) is 3.55. The van der Waals surface area contributed by atoms with E-state index in [2.05, 4.69) is 39.5 Å². The van der Waals surface area contributed by atoms with Gasteiger partial charge in [0.15, 0.2) is 0 Å². The van der Waals surface area contributed by atoms with E-state index < -0.39 is 0 Å². The van der Waals surface area contributed by atoms with Gasteiger partial charge in [0.1, 0.15) is 0 Å². The van der Waals surface area contributed by atoms with E-state index in [1.165, 1.54) is 19.3 Å². The number of ether oxygens (including phenoxy) is 1. The number of piperazine rings is 1. The number of carbonyl (C=O) groups is 1. The number of hydrogen-bond acceptors (Lipinski definition) is 3. The van der Waals surface area contributed by atoms with Crippen LogP contribution in [0.4, 0.5) is 0 Å². The average Bonchev–Trinajstić information content (AvgIpc) is 2.46. The van der Waals surface area contributed by atoms with Crippen molar-refractivity contribution >= 4 is 5.91 Å². The summed E-state index contributed by atoms with van der Waals surface area (Å²) in [7, 11) is 0. The Morgan fingerprint density at radius 3 is 2.26 bits per heavy atom. The zero-order valence-corrected chi connectivity index (χ0v) is 16.1. The van der Waals surface area contributed by atoms with Crippen LogP contribution in [0.25, 0.3) is 0 Å². The standard InChI is InChI=1S/C19H38N2O2/c1-17(2)23-16-15-20-11-13-21(14-12-20)18(22)9-7-6-8-10-19(3,4)5/h17H,6-16H2,1-5H3. The van der Waals surface area contributed by atoms with Crippen LogP contribution in [0.1, 0.15) is 66.7 Å². The van der Waals surface area contributed by atoms with Crippen LogP contribution in [0.5, 0.6) is 0 Å². The molecule has 1 aliphatic rings. The maximum absolute atomic E-state index is 12.3. The maximum atomic E-state index is 12.3. The van der Waals surface area contributed by atoms with Gasteiger partial charge in [0, 0.05) is 39.1 Å². The molecule has 0 aromatic carbocycles. The van der Waals surface area contributed by atoms with Crippen molar-refractivity contribution in [2.75, 3.05) is 39.3 Å². The fourth-order valence-electron chi connectivity index (χ4n) is 2.90. The molecular formula is C19H38N2O2. The van der Waals surface area contributed by atoms with Gasteiger partial charge < -0.3 is 9.64 Å². The molecule has 1 rings (SSSR count). The van der Waals surface area contributed by atoms with Crippen LogP contribution in [0.2, 0.25) is 0 Å². The van der Waals surface area contributed by atoms with Gasteiger partial charge >= 0.3 is 0 Å². The monoisotopic (exact) mass is 326 g/mol. The van der Waals surface area contributed by atoms with Gasteiger partial charge in [0.05, 0.1) is 12.7 Å². The molecule has 0 unspecified atom stereocenters. The Morgan fingerprint density at radius 2 is 1.70 bits per heavy atom. The van der Waals surface area contributed by atoms with E-state index >= 15 is 0 Å². The molecule has 0 radical (unpaired) electrons. The van der Waals surface area contributed by atoms with Gasteiger partial charge in [-0.15, -0.1) is 0 Å². The molecule has 0 saturated carbocycles. The zero-order valence-electron chi connectivity index (χ0n) is 16.1. The number of nitrogens with zero attached hydrogens (tertiary/aromatic N) is 2. The maximum Gasteiger partial charge on any atom is 0.222 e. The second-order valence-corrected chi connectivity index (χ2v) is 8.26. The minimum absolute atomic E-state index is 0.302. The molecule has 1 aliphatic heterocycles. The molecule has 23 heavy (non-hydrogen) atoms. The summed E-state index contributed by atoms with van der Waals surface area (Å²) in [6, 6.07) is 0. The van der Waals surface area contributed by atoms with Crippen molar-refractivity contribution in [2.45, 2.75) is 72.8 Å². The lowest BCUT2D eigenvalue weighted by Crippen LogP contribution is -2.49. The molecule has 0 spiro atoms. The Hall–Kier alpha value is -0.610. The number of amides is 1. The Morgan fingerprint density at radius 1 is 1.04 bits per heavy atom. The first kappa shape index (κ1) is 20.4. The summed E-state index contributed by atoms with van der Waals surface area (Å²) >= 11 is 0. The minimum Gasteiger partial charge on any atom is -0.377 e. The van der Waals surface area contributed by atoms with E-state index in [-0.39, 0.29) is 0 Å². The highest BCUT2D eigenvalue weighted by Gasteiger charge is 2.20. The van der Waals surface area contributed by atoms with E-state index in [9.17, 15) is 4.79 Å². The molecule has 4 heteroatoms. The quantitative estimate of drug-likeness (QED) is 0.607. The van der Waals surface area contributed by atoms with Crippen LogP contribution in [0.3, 0.4) is 0 Å². The van der Waals surface area contributed by atoms with E-state index in [1.807, 2.05) is 4.90 Å². The zero-order chi connectivity index (χ0) is 17.3. The molecule has 0 atom stereocenters. The number of carbonyl (C=O) groups excluding carboxylic acids is 1. The van der Waals surface area contributed by atoms with Crippen molar-refractivity contribution in [3.63, 3.8) is 0 Å². The predicted molar refractivity (Wildman–Crippen MR) is 96.6 cm³/mol. The normalized spacial score (nSPS) is 17.0. The summed E-state index contributed by atoms with van der Waals surface area (Å²) in [4.78, 5) is 16.7. The Balaban J connectivity index is 2.08. The lowest BCUT2D eigenvalue weighted by molar-refractivity contribution is -0.133. The third-order valence-electron chi connectivity index (χ3n) is 4.40. The summed E-state index contributed by atoms with van der Waals surface area (Å²) in [5.74, 6) is 0.346. The smallest absolute Gasteiger partial charge is 0.222 e. The van der Waals surface area contributed by atoms with Crippen LogP contribution in [0, 0.1) is 5.41 Å². The molecule has 0 bridgehead atoms. The minimum atomic E-state index is 0.302. The molecule has 1 fully saturated rings. The fourth-order valence-corrected chi connectivity index (χ4v) is 2.90. The first-order valence-corrected chi connectivity index (χ1v) is 9.40. The summed E-state index contributed by atoms with van der Waals surface area (Å²) in [5.41, 5.74) is 0.416. The molecule has 0 N–H and O–H groups in total. The second kappa shape index (κ2) is 10.3. The molecule has 0 aromatic heterocycles. The van der Waals surface area contributed by atoms with Gasteiger partial charge in [-0.1, -0.05) is 33.6 Å². The third-order valence-corrected chi connectivity index (χ3v) is 4.40. The van der Waals surface area contributed by atoms with Gasteiger partial charge in [0.25, 0.3) is 0 Å². The number of hydrogen-bond donors (Lipinski definition) is 0. The third kappa shape index (κ3) is 9.98. The molecule has 1 heterocycles. The fraction of sp³-hybridized carbons (Fsp3) is 0.947. The van der Waals surface area contributed by atoms with Gasteiger partial charge in [-0.3, -0.25) is 9.69 Å². The molecule has 1 amide bonds. The van der Waals surface area contributed by atoms with Crippen LogP contribution in [-0.2, 0) is 9.53 Å². The van der Waals surface area contributed by atoms with Crippen LogP contribution in [0.15, 0.2) is 0 Å². The Labute approximate surface area is 143 Å². The van der Waals surface area contributed by atoms with Crippen molar-refractivity contribution in [1.29, 1.82) is 0 Å². The van der Waals surface area contributed by atoms with Gasteiger partial charge in [0.2, 0.25) is 5.91 Å². The second-order valence-electron chi connectivity index (χ2n) is 8.26. The highest BCUT2D eigenvalue weighted by atomic mass is 16.5. The molecule has 0 aromatic rings. The lowest BCUT2D eigenvalue weighted by atomic mass is 9.89. The summed E-state index contributed by atoms with van der Waals surface area (Å²) in [5, 5.41) is 0. The van der Waals surface area contributed by atoms with Crippen LogP contribution < -0.4 is 0 Å². The van der Waals surface area contributed by atoms with E-state index in [0.717, 1.165) is 52.2 Å². The van der Waals surface area contributed by atoms with E-state index in [4.69, 9.17) is 4.74 Å². The average molecular weight is 327 g/mol. The molecule has 0 aliphatic carbocycles. The lowest BCUT2D eigenvalue weighted by Gasteiger charge is -2.34. The van der Waals surface area contributed by atoms with Crippen molar-refractivity contribution in [3.05, 3.63) is 0 Å². The van der Waals surface area contributed by atoms with E-state index in [1.54, 1.807) is 0 Å². The summed E-state index contributed by atoms with van der Waals surface area (Å²) < 4.78 is 5.60. The van der Waals surface area contributed by atoms with Crippen LogP contribution >= 0.6 is 0 Å². The van der Waals surface area contributed by atoms with Crippen molar-refractivity contribution in [1.82, 2.24) is 9.80 Å². The van der Waals surface area contributed by atoms with E-state index in [0.29, 0.717) is 17.4 Å². The van der Waals surface area contributed by atoms with Gasteiger partial charge in [-0.25, -0.2) is 0 Å². The summed E-state index contributed by atoms with van der Waals surface area (Å²) in [6.45, 7) is 16.5. The molecule has 4 nitrogen and oxygen atoms in total. The van der Waals surface area contributed by atoms with Gasteiger partial charge in [-0.05, 0) is 32.1 Å². The Bertz CT molecular complexity index is 329. The summed E-state index contributed by atoms with van der Waals surface area (Å²) in [6.07, 6.45) is 5.72. The topological polar surface area (TPSA) is 32.8 Å². The SMILES string of the molecule is CC(C)OCCN1CCN(C(=O)CCCCCC(C)(C)C)CC1. The molecule has 1 saturated heterocycles. The van der Waals surface area contributed by atoms with Crippen molar-refractivity contribution in [2.24, 2.45) is 5.41 Å². The molecular weight excluding hydrogens is 288 g/mol. The highest BCUT2D eigenvalue weighted by Crippen LogP contribution is 2.22. The first-order valence-electron chi connectivity index (χ1n) is 9.40.